The van der Waals surface area contributed by atoms with Gasteiger partial charge in [-0.3, -0.25) is 14.9 Å². The van der Waals surface area contributed by atoms with Gasteiger partial charge < -0.3 is 11.1 Å². The molecule has 2 atom stereocenters. The topological polar surface area (TPSA) is 98.3 Å². The van der Waals surface area contributed by atoms with Crippen LogP contribution >= 0.6 is 0 Å². The summed E-state index contributed by atoms with van der Waals surface area (Å²) in [5.74, 6) is -0.137. The van der Waals surface area contributed by atoms with Crippen LogP contribution in [0.1, 0.15) is 38.8 Å². The van der Waals surface area contributed by atoms with Crippen LogP contribution in [-0.4, -0.2) is 17.4 Å². The Kier molecular flexibility index (Phi) is 5.21. The van der Waals surface area contributed by atoms with Gasteiger partial charge in [0.25, 0.3) is 5.69 Å². The first-order valence-electron chi connectivity index (χ1n) is 6.59. The molecule has 2 unspecified atom stereocenters. The molecule has 0 fully saturated rings. The zero-order chi connectivity index (χ0) is 15.3. The van der Waals surface area contributed by atoms with E-state index in [2.05, 4.69) is 5.32 Å². The minimum atomic E-state index is -0.616. The van der Waals surface area contributed by atoms with E-state index in [1.165, 1.54) is 12.1 Å². The van der Waals surface area contributed by atoms with E-state index in [0.29, 0.717) is 12.0 Å². The lowest BCUT2D eigenvalue weighted by molar-refractivity contribution is -0.384. The number of carbonyl (C=O) groups excluding carboxylic acids is 1. The van der Waals surface area contributed by atoms with Crippen molar-refractivity contribution in [1.82, 2.24) is 5.32 Å². The average molecular weight is 279 g/mol. The number of nitrogens with one attached hydrogen (secondary N) is 1. The summed E-state index contributed by atoms with van der Waals surface area (Å²) >= 11 is 0. The first-order valence-corrected chi connectivity index (χ1v) is 6.59. The van der Waals surface area contributed by atoms with Crippen molar-refractivity contribution in [3.8, 4) is 0 Å². The van der Waals surface area contributed by atoms with Crippen LogP contribution in [0.25, 0.3) is 0 Å². The predicted molar refractivity (Wildman–Crippen MR) is 77.1 cm³/mol. The van der Waals surface area contributed by atoms with E-state index in [0.717, 1.165) is 0 Å². The normalized spacial score (nSPS) is 15.2. The quantitative estimate of drug-likeness (QED) is 0.615. The van der Waals surface area contributed by atoms with Crippen molar-refractivity contribution >= 4 is 11.6 Å². The Labute approximate surface area is 118 Å². The van der Waals surface area contributed by atoms with E-state index in [4.69, 9.17) is 5.73 Å². The molecule has 6 nitrogen and oxygen atoms in total. The predicted octanol–water partition coefficient (Wildman–Crippen LogP) is 2.15. The Morgan fingerprint density at radius 1 is 1.55 bits per heavy atom. The second-order valence-electron chi connectivity index (χ2n) is 5.17. The minimum Gasteiger partial charge on any atom is -0.349 e. The summed E-state index contributed by atoms with van der Waals surface area (Å²) < 4.78 is 0. The standard InChI is InChI=1S/C14H21N3O3/c1-4-14(3,9-15)13(18)16-10(2)11-6-5-7-12(8-11)17(19)20/h5-8,10H,4,9,15H2,1-3H3,(H,16,18). The summed E-state index contributed by atoms with van der Waals surface area (Å²) in [6.07, 6.45) is 0.636. The van der Waals surface area contributed by atoms with Gasteiger partial charge in [0.2, 0.25) is 5.91 Å². The van der Waals surface area contributed by atoms with Crippen molar-refractivity contribution in [2.75, 3.05) is 6.54 Å². The van der Waals surface area contributed by atoms with Crippen molar-refractivity contribution in [2.45, 2.75) is 33.2 Å². The monoisotopic (exact) mass is 279 g/mol. The van der Waals surface area contributed by atoms with Crippen molar-refractivity contribution in [3.63, 3.8) is 0 Å². The van der Waals surface area contributed by atoms with E-state index in [-0.39, 0.29) is 24.2 Å². The zero-order valence-electron chi connectivity index (χ0n) is 12.1. The van der Waals surface area contributed by atoms with Crippen LogP contribution in [0.15, 0.2) is 24.3 Å². The summed E-state index contributed by atoms with van der Waals surface area (Å²) in [6.45, 7) is 5.77. The molecule has 0 aliphatic carbocycles. The second kappa shape index (κ2) is 6.47. The van der Waals surface area contributed by atoms with Gasteiger partial charge >= 0.3 is 0 Å². The third kappa shape index (κ3) is 3.54. The molecule has 0 aromatic heterocycles. The molecule has 0 spiro atoms. The molecule has 20 heavy (non-hydrogen) atoms. The van der Waals surface area contributed by atoms with Gasteiger partial charge in [0.15, 0.2) is 0 Å². The average Bonchev–Trinajstić information content (AvgIpc) is 2.46. The van der Waals surface area contributed by atoms with Crippen LogP contribution < -0.4 is 11.1 Å². The number of benzene rings is 1. The van der Waals surface area contributed by atoms with Gasteiger partial charge in [0.1, 0.15) is 0 Å². The van der Waals surface area contributed by atoms with Crippen LogP contribution in [0.3, 0.4) is 0 Å². The van der Waals surface area contributed by atoms with Crippen molar-refractivity contribution in [2.24, 2.45) is 11.1 Å². The minimum absolute atomic E-state index is 0.0145. The first-order chi connectivity index (χ1) is 9.34. The third-order valence-corrected chi connectivity index (χ3v) is 3.71. The molecule has 0 aliphatic heterocycles. The number of nitro groups is 1. The number of nitro benzene ring substituents is 1. The van der Waals surface area contributed by atoms with Crippen LogP contribution in [0.2, 0.25) is 0 Å². The van der Waals surface area contributed by atoms with E-state index in [1.807, 2.05) is 13.8 Å². The van der Waals surface area contributed by atoms with Crippen molar-refractivity contribution < 1.29 is 9.72 Å². The van der Waals surface area contributed by atoms with Gasteiger partial charge in [-0.25, -0.2) is 0 Å². The molecule has 1 rings (SSSR count). The largest absolute Gasteiger partial charge is 0.349 e. The highest BCUT2D eigenvalue weighted by Crippen LogP contribution is 2.23. The number of carbonyl (C=O) groups is 1. The van der Waals surface area contributed by atoms with E-state index in [1.54, 1.807) is 19.1 Å². The fourth-order valence-corrected chi connectivity index (χ4v) is 1.76. The molecule has 1 aromatic carbocycles. The Balaban J connectivity index is 2.86. The molecule has 0 aliphatic rings. The van der Waals surface area contributed by atoms with Crippen molar-refractivity contribution in [1.29, 1.82) is 0 Å². The highest BCUT2D eigenvalue weighted by Gasteiger charge is 2.30. The van der Waals surface area contributed by atoms with E-state index in [9.17, 15) is 14.9 Å². The van der Waals surface area contributed by atoms with E-state index < -0.39 is 10.3 Å². The molecule has 0 saturated carbocycles. The second-order valence-corrected chi connectivity index (χ2v) is 5.17. The maximum Gasteiger partial charge on any atom is 0.269 e. The number of hydrogen-bond donors (Lipinski definition) is 2. The summed E-state index contributed by atoms with van der Waals surface area (Å²) in [5, 5.41) is 13.6. The Morgan fingerprint density at radius 2 is 2.20 bits per heavy atom. The number of hydrogen-bond acceptors (Lipinski definition) is 4. The van der Waals surface area contributed by atoms with Gasteiger partial charge in [-0.05, 0) is 25.8 Å². The maximum atomic E-state index is 12.2. The van der Waals surface area contributed by atoms with E-state index >= 15 is 0 Å². The Morgan fingerprint density at radius 3 is 2.70 bits per heavy atom. The van der Waals surface area contributed by atoms with Gasteiger partial charge in [-0.1, -0.05) is 19.1 Å². The van der Waals surface area contributed by atoms with Gasteiger partial charge in [-0.2, -0.15) is 0 Å². The highest BCUT2D eigenvalue weighted by atomic mass is 16.6. The molecule has 110 valence electrons. The number of nitrogens with zero attached hydrogens (tertiary/aromatic N) is 1. The highest BCUT2D eigenvalue weighted by molar-refractivity contribution is 5.82. The van der Waals surface area contributed by atoms with Crippen LogP contribution in [0.4, 0.5) is 5.69 Å². The molecule has 0 bridgehead atoms. The molecule has 0 heterocycles. The van der Waals surface area contributed by atoms with Gasteiger partial charge in [0.05, 0.1) is 16.4 Å². The summed E-state index contributed by atoms with van der Waals surface area (Å²) in [6, 6.07) is 5.95. The first kappa shape index (κ1) is 16.1. The third-order valence-electron chi connectivity index (χ3n) is 3.71. The van der Waals surface area contributed by atoms with Gasteiger partial charge in [0, 0.05) is 18.7 Å². The number of amides is 1. The van der Waals surface area contributed by atoms with Crippen LogP contribution in [-0.2, 0) is 4.79 Å². The molecule has 0 radical (unpaired) electrons. The lowest BCUT2D eigenvalue weighted by Gasteiger charge is -2.27. The summed E-state index contributed by atoms with van der Waals surface area (Å²) in [5.41, 5.74) is 5.74. The molecule has 1 aromatic rings. The SMILES string of the molecule is CCC(C)(CN)C(=O)NC(C)c1cccc([N+](=O)[O-])c1. The number of non-ortho nitro benzene ring substituents is 1. The fourth-order valence-electron chi connectivity index (χ4n) is 1.76. The van der Waals surface area contributed by atoms with Crippen LogP contribution in [0, 0.1) is 15.5 Å². The van der Waals surface area contributed by atoms with Gasteiger partial charge in [-0.15, -0.1) is 0 Å². The molecule has 3 N–H and O–H groups in total. The molecule has 0 saturated heterocycles. The smallest absolute Gasteiger partial charge is 0.269 e. The van der Waals surface area contributed by atoms with Crippen molar-refractivity contribution in [3.05, 3.63) is 39.9 Å². The number of rotatable bonds is 6. The zero-order valence-corrected chi connectivity index (χ0v) is 12.1. The maximum absolute atomic E-state index is 12.2. The Bertz CT molecular complexity index is 498. The Hall–Kier alpha value is -1.95. The lowest BCUT2D eigenvalue weighted by atomic mass is 9.86. The molecular weight excluding hydrogens is 258 g/mol. The molecular formula is C14H21N3O3. The number of nitrogens with two attached hydrogens (primary N) is 1. The molecule has 6 heteroatoms. The summed E-state index contributed by atoms with van der Waals surface area (Å²) in [7, 11) is 0. The molecule has 1 amide bonds. The fraction of sp³-hybridized carbons (Fsp3) is 0.500. The summed E-state index contributed by atoms with van der Waals surface area (Å²) in [4.78, 5) is 22.5. The van der Waals surface area contributed by atoms with Crippen LogP contribution in [0.5, 0.6) is 0 Å². The lowest BCUT2D eigenvalue weighted by Crippen LogP contribution is -2.44.